The quantitative estimate of drug-likeness (QED) is 0.205. The fraction of sp³-hybridized carbons (Fsp3) is 0.483. The van der Waals surface area contributed by atoms with Crippen molar-refractivity contribution in [1.82, 2.24) is 16.0 Å². The van der Waals surface area contributed by atoms with E-state index in [-0.39, 0.29) is 37.2 Å². The van der Waals surface area contributed by atoms with Crippen LogP contribution in [0.2, 0.25) is 0 Å². The molecule has 2 aromatic carbocycles. The van der Waals surface area contributed by atoms with Crippen LogP contribution in [-0.2, 0) is 29.0 Å². The second-order valence-electron chi connectivity index (χ2n) is 9.65. The van der Waals surface area contributed by atoms with Crippen LogP contribution in [-0.4, -0.2) is 52.7 Å². The Morgan fingerprint density at radius 1 is 0.923 bits per heavy atom. The van der Waals surface area contributed by atoms with Gasteiger partial charge in [-0.05, 0) is 54.5 Å². The Labute approximate surface area is 228 Å². The number of carboxylic acid groups (broad SMARTS) is 1. The van der Waals surface area contributed by atoms with Gasteiger partial charge in [-0.25, -0.2) is 13.6 Å². The van der Waals surface area contributed by atoms with Gasteiger partial charge in [-0.3, -0.25) is 9.59 Å². The third-order valence-corrected chi connectivity index (χ3v) is 6.39. The molecule has 0 aromatic heterocycles. The first-order valence-electron chi connectivity index (χ1n) is 13.3. The van der Waals surface area contributed by atoms with Crippen molar-refractivity contribution in [3.8, 4) is 0 Å². The molecule has 0 saturated carbocycles. The number of rotatable bonds is 17. The molecule has 0 aliphatic rings. The van der Waals surface area contributed by atoms with Crippen LogP contribution in [0, 0.1) is 11.6 Å². The normalized spacial score (nSPS) is 13.4. The minimum atomic E-state index is -1.43. The van der Waals surface area contributed by atoms with Gasteiger partial charge in [0.2, 0.25) is 5.91 Å². The molecule has 10 heteroatoms. The molecule has 3 atom stereocenters. The maximum atomic E-state index is 13.8. The third kappa shape index (κ3) is 11.9. The fourth-order valence-corrected chi connectivity index (χ4v) is 4.24. The van der Waals surface area contributed by atoms with Gasteiger partial charge in [0.1, 0.15) is 23.5 Å². The number of amides is 2. The van der Waals surface area contributed by atoms with Gasteiger partial charge in [-0.15, -0.1) is 0 Å². The van der Waals surface area contributed by atoms with Crippen molar-refractivity contribution in [2.45, 2.75) is 83.5 Å². The Hall–Kier alpha value is -3.37. The molecule has 2 rings (SSSR count). The molecule has 5 N–H and O–H groups in total. The maximum absolute atomic E-state index is 13.8. The van der Waals surface area contributed by atoms with E-state index in [4.69, 9.17) is 0 Å². The summed E-state index contributed by atoms with van der Waals surface area (Å²) in [7, 11) is 0. The van der Waals surface area contributed by atoms with Gasteiger partial charge in [0.05, 0.1) is 12.1 Å². The number of aliphatic hydroxyl groups excluding tert-OH is 1. The number of ketones is 1. The number of hydrogen-bond donors (Lipinski definition) is 5. The molecule has 0 aliphatic carbocycles. The van der Waals surface area contributed by atoms with Gasteiger partial charge in [-0.1, -0.05) is 44.5 Å². The molecule has 39 heavy (non-hydrogen) atoms. The molecular formula is C29H39F2N3O5. The highest BCUT2D eigenvalue weighted by Gasteiger charge is 2.28. The highest BCUT2D eigenvalue weighted by Crippen LogP contribution is 2.13. The van der Waals surface area contributed by atoms with Crippen molar-refractivity contribution in [1.29, 1.82) is 0 Å². The largest absolute Gasteiger partial charge is 0.465 e. The van der Waals surface area contributed by atoms with Crippen LogP contribution < -0.4 is 16.0 Å². The molecule has 0 radical (unpaired) electrons. The molecule has 8 nitrogen and oxygen atoms in total. The zero-order chi connectivity index (χ0) is 28.8. The number of carbonyl (C=O) groups is 3. The Bertz CT molecular complexity index is 1080. The van der Waals surface area contributed by atoms with E-state index < -0.39 is 41.8 Å². The van der Waals surface area contributed by atoms with E-state index in [1.165, 1.54) is 5.56 Å². The number of Topliss-reactive ketones (excluding diaryl/α,β-unsaturated/α-hetero) is 1. The van der Waals surface area contributed by atoms with Crippen molar-refractivity contribution in [3.05, 3.63) is 70.8 Å². The summed E-state index contributed by atoms with van der Waals surface area (Å²) in [6.07, 6.45) is 0.00881. The van der Waals surface area contributed by atoms with E-state index in [1.54, 1.807) is 0 Å². The van der Waals surface area contributed by atoms with Crippen LogP contribution in [0.5, 0.6) is 0 Å². The van der Waals surface area contributed by atoms with E-state index in [2.05, 4.69) is 16.0 Å². The molecule has 2 amide bonds. The number of benzene rings is 2. The monoisotopic (exact) mass is 547 g/mol. The van der Waals surface area contributed by atoms with Gasteiger partial charge < -0.3 is 26.2 Å². The molecule has 0 unspecified atom stereocenters. The highest BCUT2D eigenvalue weighted by atomic mass is 19.1. The number of aryl methyl sites for hydroxylation is 1. The van der Waals surface area contributed by atoms with Crippen LogP contribution in [0.25, 0.3) is 0 Å². The van der Waals surface area contributed by atoms with Crippen LogP contribution >= 0.6 is 0 Å². The summed E-state index contributed by atoms with van der Waals surface area (Å²) in [5.41, 5.74) is 2.39. The summed E-state index contributed by atoms with van der Waals surface area (Å²) in [4.78, 5) is 36.5. The van der Waals surface area contributed by atoms with E-state index in [0.29, 0.717) is 19.4 Å². The van der Waals surface area contributed by atoms with Crippen LogP contribution in [0.1, 0.15) is 62.6 Å². The smallest absolute Gasteiger partial charge is 0.405 e. The number of carbonyl (C=O) groups excluding carboxylic acids is 2. The number of hydrogen-bond acceptors (Lipinski definition) is 5. The highest BCUT2D eigenvalue weighted by molar-refractivity contribution is 5.86. The summed E-state index contributed by atoms with van der Waals surface area (Å²) in [6, 6.07) is 8.64. The molecule has 0 bridgehead atoms. The SMILES string of the molecule is CCCCC(=O)CC[C@@H](NC(=O)O)C(=O)N[C@@H](Cc1cc(F)cc(F)c1)[C@H](O)CNCc1cccc(CC)c1. The van der Waals surface area contributed by atoms with E-state index >= 15 is 0 Å². The average molecular weight is 548 g/mol. The molecule has 0 saturated heterocycles. The van der Waals surface area contributed by atoms with Gasteiger partial charge in [-0.2, -0.15) is 0 Å². The first-order chi connectivity index (χ1) is 18.6. The summed E-state index contributed by atoms with van der Waals surface area (Å²) >= 11 is 0. The fourth-order valence-electron chi connectivity index (χ4n) is 4.24. The van der Waals surface area contributed by atoms with Gasteiger partial charge in [0.25, 0.3) is 0 Å². The summed E-state index contributed by atoms with van der Waals surface area (Å²) in [6.45, 7) is 4.49. The lowest BCUT2D eigenvalue weighted by Crippen LogP contribution is -2.54. The zero-order valence-electron chi connectivity index (χ0n) is 22.5. The average Bonchev–Trinajstić information content (AvgIpc) is 2.88. The first kappa shape index (κ1) is 31.8. The van der Waals surface area contributed by atoms with Gasteiger partial charge >= 0.3 is 6.09 Å². The van der Waals surface area contributed by atoms with Gasteiger partial charge in [0, 0.05) is 32.0 Å². The van der Waals surface area contributed by atoms with Gasteiger partial charge in [0.15, 0.2) is 0 Å². The number of nitrogens with one attached hydrogen (secondary N) is 3. The van der Waals surface area contributed by atoms with E-state index in [0.717, 1.165) is 36.6 Å². The standard InChI is InChI=1S/C29H39F2N3O5/c1-3-5-9-24(35)10-11-25(34-29(38)39)28(37)33-26(15-21-13-22(30)16-23(31)14-21)27(36)18-32-17-20-8-6-7-19(4-2)12-20/h6-8,12-14,16,25-27,32,34,36H,3-5,9-11,15,17-18H2,1-2H3,(H,33,37)(H,38,39)/t25-,26+,27-/m1/s1. The number of unbranched alkanes of at least 4 members (excludes halogenated alkanes) is 1. The summed E-state index contributed by atoms with van der Waals surface area (Å²) in [5.74, 6) is -2.41. The lowest BCUT2D eigenvalue weighted by atomic mass is 9.99. The van der Waals surface area contributed by atoms with Crippen LogP contribution in [0.3, 0.4) is 0 Å². The van der Waals surface area contributed by atoms with Crippen LogP contribution in [0.15, 0.2) is 42.5 Å². The minimum Gasteiger partial charge on any atom is -0.465 e. The van der Waals surface area contributed by atoms with E-state index in [9.17, 15) is 33.4 Å². The lowest BCUT2D eigenvalue weighted by molar-refractivity contribution is -0.125. The topological polar surface area (TPSA) is 128 Å². The van der Waals surface area contributed by atoms with Crippen molar-refractivity contribution in [3.63, 3.8) is 0 Å². The number of aliphatic hydroxyl groups is 1. The summed E-state index contributed by atoms with van der Waals surface area (Å²) in [5, 5.41) is 28.1. The first-order valence-corrected chi connectivity index (χ1v) is 13.3. The lowest BCUT2D eigenvalue weighted by Gasteiger charge is -2.27. The van der Waals surface area contributed by atoms with Crippen molar-refractivity contribution in [2.75, 3.05) is 6.54 Å². The Kier molecular flexibility index (Phi) is 13.5. The second kappa shape index (κ2) is 16.6. The number of halogens is 2. The zero-order valence-corrected chi connectivity index (χ0v) is 22.5. The predicted octanol–water partition coefficient (Wildman–Crippen LogP) is 3.88. The van der Waals surface area contributed by atoms with Crippen molar-refractivity contribution < 1.29 is 33.4 Å². The molecule has 0 spiro atoms. The Balaban J connectivity index is 2.13. The molecule has 0 heterocycles. The predicted molar refractivity (Wildman–Crippen MR) is 144 cm³/mol. The Morgan fingerprint density at radius 2 is 1.62 bits per heavy atom. The van der Waals surface area contributed by atoms with Crippen molar-refractivity contribution in [2.24, 2.45) is 0 Å². The Morgan fingerprint density at radius 3 is 2.26 bits per heavy atom. The molecule has 2 aromatic rings. The molecular weight excluding hydrogens is 508 g/mol. The molecule has 0 aliphatic heterocycles. The van der Waals surface area contributed by atoms with Crippen molar-refractivity contribution >= 4 is 17.8 Å². The minimum absolute atomic E-state index is 0.0130. The summed E-state index contributed by atoms with van der Waals surface area (Å²) < 4.78 is 27.6. The third-order valence-electron chi connectivity index (χ3n) is 6.39. The molecule has 214 valence electrons. The van der Waals surface area contributed by atoms with E-state index in [1.807, 2.05) is 38.1 Å². The second-order valence-corrected chi connectivity index (χ2v) is 9.65. The molecule has 0 fully saturated rings. The van der Waals surface area contributed by atoms with Crippen LogP contribution in [0.4, 0.5) is 13.6 Å². The maximum Gasteiger partial charge on any atom is 0.405 e.